The monoisotopic (exact) mass is 1620 g/mol. The lowest BCUT2D eigenvalue weighted by atomic mass is 9.85. The van der Waals surface area contributed by atoms with Crippen molar-refractivity contribution in [3.8, 4) is 17.3 Å². The lowest BCUT2D eigenvalue weighted by Gasteiger charge is -2.43. The number of nitrogen functional groups attached to an aromatic ring is 1. The Hall–Kier alpha value is -10.9. The molecule has 2 saturated heterocycles. The lowest BCUT2D eigenvalue weighted by molar-refractivity contribution is -0.142. The SMILES string of the molecule is COC(=O)CN(CC(=O)NCCCOCCOCCOCCCNC(=O)CCC(=O)Nc1ccc(CCN2CN(c3ccccc3)C3(CCN(CCCC(=O)c4ccc(F)cc4)CC3)C2=O)cc1)CC(=O)NCCCOCCOCCOCCCNC(=O)COc1ccc(CCCn2ncc3c2nc(N)n2nc(-c4ccco4)nc32)cc1. The number of fused-ring (bicyclic) bond motifs is 3. The van der Waals surface area contributed by atoms with E-state index in [0.717, 1.165) is 54.7 Å². The Morgan fingerprint density at radius 3 is 1.74 bits per heavy atom. The molecule has 0 radical (unpaired) electrons. The van der Waals surface area contributed by atoms with Crippen LogP contribution < -0.4 is 42.0 Å². The fraction of sp³-hybridized carbons (Fsp3) is 0.494. The van der Waals surface area contributed by atoms with Crippen LogP contribution in [0.2, 0.25) is 0 Å². The van der Waals surface area contributed by atoms with E-state index >= 15 is 0 Å². The zero-order valence-corrected chi connectivity index (χ0v) is 66.6. The summed E-state index contributed by atoms with van der Waals surface area (Å²) in [6.45, 7) is 9.01. The van der Waals surface area contributed by atoms with Gasteiger partial charge in [0.05, 0.1) is 104 Å². The summed E-state index contributed by atoms with van der Waals surface area (Å²) in [5, 5.41) is 23.8. The number of nitrogens with two attached hydrogens (primary N) is 1. The molecule has 2 aliphatic heterocycles. The number of Topliss-reactive ketones (excluding diaryl/α,β-unsaturated/α-hetero) is 1. The number of hydrogen-bond acceptors (Lipinski definition) is 25. The highest BCUT2D eigenvalue weighted by atomic mass is 19.1. The highest BCUT2D eigenvalue weighted by Gasteiger charge is 2.53. The van der Waals surface area contributed by atoms with E-state index < -0.39 is 11.5 Å². The van der Waals surface area contributed by atoms with Gasteiger partial charge in [-0.3, -0.25) is 43.3 Å². The zero-order chi connectivity index (χ0) is 82.2. The van der Waals surface area contributed by atoms with Gasteiger partial charge in [-0.2, -0.15) is 14.6 Å². The summed E-state index contributed by atoms with van der Waals surface area (Å²) in [6.07, 6.45) is 10.2. The van der Waals surface area contributed by atoms with Crippen LogP contribution in [0, 0.1) is 5.82 Å². The molecule has 8 aromatic rings. The number of amides is 6. The maximum atomic E-state index is 14.4. The molecule has 2 fully saturated rings. The van der Waals surface area contributed by atoms with Crippen LogP contribution in [-0.4, -0.2) is 268 Å². The van der Waals surface area contributed by atoms with Gasteiger partial charge in [0.15, 0.2) is 29.4 Å². The molecule has 0 aliphatic carbocycles. The molecule has 6 amide bonds. The third kappa shape index (κ3) is 29.1. The van der Waals surface area contributed by atoms with Gasteiger partial charge in [-0.1, -0.05) is 42.5 Å². The van der Waals surface area contributed by atoms with Gasteiger partial charge in [-0.05, 0) is 155 Å². The fourth-order valence-electron chi connectivity index (χ4n) is 13.5. The first-order chi connectivity index (χ1) is 57.1. The molecule has 10 rings (SSSR count). The molecule has 33 nitrogen and oxygen atoms in total. The van der Waals surface area contributed by atoms with Crippen LogP contribution in [0.5, 0.6) is 5.75 Å². The number of methoxy groups -OCH3 is 1. The highest BCUT2D eigenvalue weighted by Crippen LogP contribution is 2.40. The summed E-state index contributed by atoms with van der Waals surface area (Å²) in [6, 6.07) is 34.4. The Morgan fingerprint density at radius 2 is 1.15 bits per heavy atom. The number of carbonyl (C=O) groups is 8. The molecule has 117 heavy (non-hydrogen) atoms. The van der Waals surface area contributed by atoms with Crippen LogP contribution >= 0.6 is 0 Å². The van der Waals surface area contributed by atoms with Gasteiger partial charge >= 0.3 is 5.97 Å². The van der Waals surface area contributed by atoms with E-state index in [-0.39, 0.29) is 92.1 Å². The normalized spacial score (nSPS) is 13.4. The van der Waals surface area contributed by atoms with Crippen molar-refractivity contribution in [1.82, 2.24) is 65.3 Å². The number of ether oxygens (including phenoxy) is 8. The van der Waals surface area contributed by atoms with Gasteiger partial charge in [0.1, 0.15) is 17.1 Å². The van der Waals surface area contributed by atoms with Crippen molar-refractivity contribution in [2.45, 2.75) is 95.6 Å². The van der Waals surface area contributed by atoms with Gasteiger partial charge in [0.2, 0.25) is 41.3 Å². The number of anilines is 3. The number of rotatable bonds is 55. The molecule has 4 aromatic heterocycles. The van der Waals surface area contributed by atoms with Crippen LogP contribution in [0.3, 0.4) is 0 Å². The number of nitrogens with one attached hydrogen (secondary N) is 5. The smallest absolute Gasteiger partial charge is 0.319 e. The maximum absolute atomic E-state index is 14.4. The summed E-state index contributed by atoms with van der Waals surface area (Å²) in [4.78, 5) is 119. The first-order valence-electron chi connectivity index (χ1n) is 40.1. The minimum absolute atomic E-state index is 0.00606. The van der Waals surface area contributed by atoms with Gasteiger partial charge in [0.25, 0.3) is 5.91 Å². The molecule has 0 atom stereocenters. The van der Waals surface area contributed by atoms with Crippen molar-refractivity contribution in [3.05, 3.63) is 150 Å². The van der Waals surface area contributed by atoms with Gasteiger partial charge in [-0.25, -0.2) is 14.1 Å². The van der Waals surface area contributed by atoms with Crippen molar-refractivity contribution in [2.75, 3.05) is 188 Å². The number of hydrogen-bond donors (Lipinski definition) is 6. The quantitative estimate of drug-likeness (QED) is 0.0148. The number of esters is 1. The number of para-hydroxylation sites is 1. The summed E-state index contributed by atoms with van der Waals surface area (Å²) in [7, 11) is 1.23. The fourth-order valence-corrected chi connectivity index (χ4v) is 13.5. The van der Waals surface area contributed by atoms with Gasteiger partial charge in [0, 0.05) is 115 Å². The first kappa shape index (κ1) is 88.5. The predicted octanol–water partition coefficient (Wildman–Crippen LogP) is 5.83. The van der Waals surface area contributed by atoms with E-state index in [2.05, 4.69) is 68.7 Å². The van der Waals surface area contributed by atoms with Crippen molar-refractivity contribution in [2.24, 2.45) is 0 Å². The Kier molecular flexibility index (Phi) is 36.3. The number of carbonyl (C=O) groups excluding carboxylic acids is 8. The molecular weight excluding hydrogens is 1510 g/mol. The first-order valence-corrected chi connectivity index (χ1v) is 40.1. The topological polar surface area (TPSA) is 384 Å². The van der Waals surface area contributed by atoms with Crippen LogP contribution in [-0.2, 0) is 86.1 Å². The molecule has 0 unspecified atom stereocenters. The summed E-state index contributed by atoms with van der Waals surface area (Å²) < 4.78 is 66.2. The van der Waals surface area contributed by atoms with Crippen molar-refractivity contribution >= 4 is 81.2 Å². The zero-order valence-electron chi connectivity index (χ0n) is 66.6. The molecule has 6 heterocycles. The van der Waals surface area contributed by atoms with E-state index in [0.29, 0.717) is 223 Å². The number of piperidine rings is 1. The van der Waals surface area contributed by atoms with E-state index in [1.807, 2.05) is 76.3 Å². The molecule has 0 saturated carbocycles. The lowest BCUT2D eigenvalue weighted by Crippen LogP contribution is -2.56. The van der Waals surface area contributed by atoms with Crippen LogP contribution in [0.25, 0.3) is 28.3 Å². The largest absolute Gasteiger partial charge is 0.484 e. The van der Waals surface area contributed by atoms with Crippen LogP contribution in [0.15, 0.2) is 132 Å². The molecule has 4 aromatic carbocycles. The van der Waals surface area contributed by atoms with Gasteiger partial charge < -0.3 is 89.3 Å². The van der Waals surface area contributed by atoms with E-state index in [1.165, 1.54) is 40.8 Å². The molecule has 2 aliphatic rings. The number of halogens is 1. The van der Waals surface area contributed by atoms with E-state index in [1.54, 1.807) is 24.6 Å². The minimum atomic E-state index is -0.662. The Balaban J connectivity index is 0.461. The third-order valence-corrected chi connectivity index (χ3v) is 19.7. The van der Waals surface area contributed by atoms with Crippen LogP contribution in [0.1, 0.15) is 92.1 Å². The summed E-state index contributed by atoms with van der Waals surface area (Å²) in [5.74, 6) is -0.594. The van der Waals surface area contributed by atoms with Crippen molar-refractivity contribution < 1.29 is 85.1 Å². The Morgan fingerprint density at radius 1 is 0.573 bits per heavy atom. The number of aryl methyl sites for hydroxylation is 2. The standard InChI is InChI=1S/C83H109FN16O17/c1-109-77(107)59-96(58-75(105)88-36-10-45-112-50-54-115-55-51-113-46-11-37-89-76(106)60-117-68-27-19-62(20-28-68)12-5-39-99-79-69(56-90-99)80-92-78(71-16-7-47-116-71)94-100(80)82(85)93-79)57-74(104)87-35-9-44-111-49-53-114-52-48-110-43-8-34-86-72(102)29-30-73(103)91-66-25-17-63(18-26-66)31-40-97-61-98(67-13-3-2-4-14-67)83(81(97)108)32-41-95(42-33-83)38-6-15-70(101)64-21-23-65(84)24-22-64/h2-4,7,13-14,16-28,47,56H,5-6,8-12,15,29-46,48-55,57-61H2,1H3,(H2,85,93)(H,86,102)(H,87,104)(H,88,105)(H,89,106)(H,91,103). The highest BCUT2D eigenvalue weighted by molar-refractivity contribution is 5.96. The molecule has 1 spiro atoms. The average Bonchev–Trinajstić information content (AvgIpc) is 1.59. The minimum Gasteiger partial charge on any atom is -0.484 e. The number of furan rings is 1. The Labute approximate surface area is 679 Å². The third-order valence-electron chi connectivity index (χ3n) is 19.7. The summed E-state index contributed by atoms with van der Waals surface area (Å²) >= 11 is 0. The van der Waals surface area contributed by atoms with Gasteiger partial charge in [-0.15, -0.1) is 5.10 Å². The number of likely N-dealkylation sites (tertiary alicyclic amines) is 1. The maximum Gasteiger partial charge on any atom is 0.319 e. The average molecular weight is 1620 g/mol. The van der Waals surface area contributed by atoms with Crippen molar-refractivity contribution in [3.63, 3.8) is 0 Å². The van der Waals surface area contributed by atoms with Crippen molar-refractivity contribution in [1.29, 1.82) is 0 Å². The molecule has 630 valence electrons. The summed E-state index contributed by atoms with van der Waals surface area (Å²) in [5.41, 5.74) is 11.0. The second kappa shape index (κ2) is 48.0. The molecule has 7 N–H and O–H groups in total. The number of benzene rings is 4. The molecule has 0 bridgehead atoms. The molecule has 34 heteroatoms. The predicted molar refractivity (Wildman–Crippen MR) is 432 cm³/mol. The Bertz CT molecular complexity index is 4400. The molecular formula is C83H109FN16O17. The van der Waals surface area contributed by atoms with Crippen LogP contribution in [0.4, 0.5) is 21.7 Å². The number of ketones is 1. The second-order valence-corrected chi connectivity index (χ2v) is 28.3. The van der Waals surface area contributed by atoms with E-state index in [4.69, 9.17) is 48.0 Å². The second-order valence-electron chi connectivity index (χ2n) is 28.3. The number of aromatic nitrogens is 6. The van der Waals surface area contributed by atoms with E-state index in [9.17, 15) is 42.7 Å². The number of nitrogens with zero attached hydrogens (tertiary/aromatic N) is 10.